The molecule has 2 N–H and O–H groups in total. The Kier molecular flexibility index (Phi) is 2.59. The number of carboxylic acids is 1. The molecule has 3 saturated carbocycles. The van der Waals surface area contributed by atoms with Gasteiger partial charge in [-0.25, -0.2) is 17.9 Å². The van der Waals surface area contributed by atoms with Crippen LogP contribution in [0.2, 0.25) is 0 Å². The molecule has 0 saturated heterocycles. The zero-order chi connectivity index (χ0) is 14.1. The van der Waals surface area contributed by atoms with Gasteiger partial charge in [0.05, 0.1) is 0 Å². The molecular weight excluding hydrogens is 298 g/mol. The first-order valence-corrected chi connectivity index (χ1v) is 9.13. The summed E-state index contributed by atoms with van der Waals surface area (Å²) in [6.45, 7) is 0. The van der Waals surface area contributed by atoms with Crippen molar-refractivity contribution < 1.29 is 18.3 Å². The number of fused-ring (bicyclic) bond motifs is 5. The minimum atomic E-state index is -3.57. The molecule has 0 amide bonds. The lowest BCUT2D eigenvalue weighted by molar-refractivity contribution is 0.0702. The van der Waals surface area contributed by atoms with E-state index in [1.807, 2.05) is 0 Å². The maximum Gasteiger partial charge on any atom is 0.345 e. The Morgan fingerprint density at radius 1 is 1.25 bits per heavy atom. The summed E-state index contributed by atoms with van der Waals surface area (Å²) in [5.41, 5.74) is 0. The van der Waals surface area contributed by atoms with Gasteiger partial charge >= 0.3 is 5.97 Å². The molecule has 3 aliphatic carbocycles. The predicted octanol–water partition coefficient (Wildman–Crippen LogP) is 1.77. The Bertz CT molecular complexity index is 664. The molecule has 0 aliphatic heterocycles. The molecule has 108 valence electrons. The Hall–Kier alpha value is -0.920. The fourth-order valence-electron chi connectivity index (χ4n) is 4.30. The number of hydrogen-bond acceptors (Lipinski definition) is 4. The summed E-state index contributed by atoms with van der Waals surface area (Å²) in [4.78, 5) is 10.9. The maximum atomic E-state index is 12.3. The van der Waals surface area contributed by atoms with Gasteiger partial charge in [0.15, 0.2) is 0 Å². The highest BCUT2D eigenvalue weighted by molar-refractivity contribution is 7.91. The highest BCUT2D eigenvalue weighted by atomic mass is 32.2. The van der Waals surface area contributed by atoms with Crippen molar-refractivity contribution in [1.82, 2.24) is 4.72 Å². The molecule has 1 aromatic heterocycles. The number of aromatic carboxylic acids is 1. The lowest BCUT2D eigenvalue weighted by Crippen LogP contribution is -2.29. The molecule has 3 aliphatic rings. The van der Waals surface area contributed by atoms with Crippen LogP contribution in [0.3, 0.4) is 0 Å². The highest BCUT2D eigenvalue weighted by Gasteiger charge is 2.65. The van der Waals surface area contributed by atoms with E-state index < -0.39 is 16.0 Å². The summed E-state index contributed by atoms with van der Waals surface area (Å²) in [6.07, 6.45) is 3.76. The third-order valence-corrected chi connectivity index (χ3v) is 8.11. The van der Waals surface area contributed by atoms with Crippen LogP contribution in [-0.4, -0.2) is 25.5 Å². The van der Waals surface area contributed by atoms with Crippen LogP contribution in [0.5, 0.6) is 0 Å². The van der Waals surface area contributed by atoms with Gasteiger partial charge in [-0.2, -0.15) is 0 Å². The third-order valence-electron chi connectivity index (χ3n) is 5.08. The van der Waals surface area contributed by atoms with E-state index in [1.54, 1.807) is 0 Å². The van der Waals surface area contributed by atoms with E-state index in [-0.39, 0.29) is 15.1 Å². The Morgan fingerprint density at radius 3 is 2.45 bits per heavy atom. The smallest absolute Gasteiger partial charge is 0.345 e. The van der Waals surface area contributed by atoms with Crippen LogP contribution in [0.1, 0.15) is 28.9 Å². The van der Waals surface area contributed by atoms with Crippen molar-refractivity contribution in [2.24, 2.45) is 23.7 Å². The van der Waals surface area contributed by atoms with E-state index in [4.69, 9.17) is 5.11 Å². The van der Waals surface area contributed by atoms with E-state index in [9.17, 15) is 13.2 Å². The predicted molar refractivity (Wildman–Crippen MR) is 73.2 cm³/mol. The second-order valence-corrected chi connectivity index (χ2v) is 9.08. The Balaban J connectivity index is 1.52. The van der Waals surface area contributed by atoms with Crippen LogP contribution in [0.25, 0.3) is 0 Å². The van der Waals surface area contributed by atoms with Crippen molar-refractivity contribution >= 4 is 27.3 Å². The van der Waals surface area contributed by atoms with Gasteiger partial charge < -0.3 is 5.11 Å². The van der Waals surface area contributed by atoms with E-state index in [0.717, 1.165) is 11.3 Å². The van der Waals surface area contributed by atoms with Crippen LogP contribution in [0.15, 0.2) is 16.3 Å². The molecule has 20 heavy (non-hydrogen) atoms. The number of thiophene rings is 1. The molecule has 4 rings (SSSR count). The molecule has 1 heterocycles. The number of carboxylic acid groups (broad SMARTS) is 1. The maximum absolute atomic E-state index is 12.3. The van der Waals surface area contributed by atoms with Crippen molar-refractivity contribution in [3.8, 4) is 0 Å². The molecule has 4 atom stereocenters. The lowest BCUT2D eigenvalue weighted by Gasteiger charge is -2.10. The van der Waals surface area contributed by atoms with Gasteiger partial charge in [0.2, 0.25) is 10.0 Å². The minimum absolute atomic E-state index is 0.0569. The number of hydrogen-bond donors (Lipinski definition) is 2. The minimum Gasteiger partial charge on any atom is -0.477 e. The normalized spacial score (nSPS) is 37.9. The average Bonchev–Trinajstić information content (AvgIpc) is 2.88. The molecule has 0 aromatic carbocycles. The summed E-state index contributed by atoms with van der Waals surface area (Å²) in [5, 5.41) is 8.86. The molecule has 7 heteroatoms. The summed E-state index contributed by atoms with van der Waals surface area (Å²) in [7, 11) is -3.57. The van der Waals surface area contributed by atoms with Crippen LogP contribution < -0.4 is 4.72 Å². The molecule has 0 radical (unpaired) electrons. The zero-order valence-electron chi connectivity index (χ0n) is 10.7. The largest absolute Gasteiger partial charge is 0.477 e. The lowest BCUT2D eigenvalue weighted by atomic mass is 10.0. The third kappa shape index (κ3) is 1.76. The number of carbonyl (C=O) groups is 1. The van der Waals surface area contributed by atoms with Gasteiger partial charge in [-0.05, 0) is 55.1 Å². The average molecular weight is 313 g/mol. The topological polar surface area (TPSA) is 83.5 Å². The molecule has 1 aromatic rings. The SMILES string of the molecule is O=C(O)c1ccc(S(=O)(=O)NC2C3C4CCC(C4)C23)s1. The molecule has 4 unspecified atom stereocenters. The van der Waals surface area contributed by atoms with Crippen LogP contribution >= 0.6 is 11.3 Å². The molecule has 3 fully saturated rings. The number of nitrogens with one attached hydrogen (secondary N) is 1. The second kappa shape index (κ2) is 4.05. The quantitative estimate of drug-likeness (QED) is 0.887. The Morgan fingerprint density at radius 2 is 1.90 bits per heavy atom. The van der Waals surface area contributed by atoms with Crippen LogP contribution in [0, 0.1) is 23.7 Å². The van der Waals surface area contributed by atoms with Crippen molar-refractivity contribution in [3.05, 3.63) is 17.0 Å². The molecular formula is C13H15NO4S2. The summed E-state index contributed by atoms with van der Waals surface area (Å²) >= 11 is 0.813. The first-order chi connectivity index (χ1) is 9.47. The van der Waals surface area contributed by atoms with E-state index >= 15 is 0 Å². The summed E-state index contributed by atoms with van der Waals surface area (Å²) < 4.78 is 27.5. The second-order valence-electron chi connectivity index (χ2n) is 6.06. The van der Waals surface area contributed by atoms with E-state index in [1.165, 1.54) is 31.4 Å². The Labute approximate surface area is 121 Å². The molecule has 5 nitrogen and oxygen atoms in total. The summed E-state index contributed by atoms with van der Waals surface area (Å²) in [6, 6.07) is 2.81. The van der Waals surface area contributed by atoms with Crippen molar-refractivity contribution in [2.75, 3.05) is 0 Å². The van der Waals surface area contributed by atoms with Crippen molar-refractivity contribution in [1.29, 1.82) is 0 Å². The fraction of sp³-hybridized carbons (Fsp3) is 0.615. The van der Waals surface area contributed by atoms with E-state index in [0.29, 0.717) is 23.7 Å². The first kappa shape index (κ1) is 12.8. The number of rotatable bonds is 4. The van der Waals surface area contributed by atoms with Gasteiger partial charge in [-0.3, -0.25) is 0 Å². The standard InChI is InChI=1S/C13H15NO4S2/c15-13(16)8-3-4-9(19-8)20(17,18)14-12-10-6-1-2-7(5-6)11(10)12/h3-4,6-7,10-12,14H,1-2,5H2,(H,15,16). The van der Waals surface area contributed by atoms with E-state index in [2.05, 4.69) is 4.72 Å². The van der Waals surface area contributed by atoms with Gasteiger partial charge in [-0.1, -0.05) is 0 Å². The number of sulfonamides is 1. The van der Waals surface area contributed by atoms with Gasteiger partial charge in [-0.15, -0.1) is 11.3 Å². The molecule has 0 spiro atoms. The fourth-order valence-corrected chi connectivity index (χ4v) is 6.76. The zero-order valence-corrected chi connectivity index (χ0v) is 12.3. The highest BCUT2D eigenvalue weighted by Crippen LogP contribution is 2.65. The van der Waals surface area contributed by atoms with Crippen LogP contribution in [-0.2, 0) is 10.0 Å². The van der Waals surface area contributed by atoms with Crippen LogP contribution in [0.4, 0.5) is 0 Å². The van der Waals surface area contributed by atoms with Gasteiger partial charge in [0.1, 0.15) is 9.09 Å². The molecule has 2 bridgehead atoms. The van der Waals surface area contributed by atoms with Crippen molar-refractivity contribution in [3.63, 3.8) is 0 Å². The van der Waals surface area contributed by atoms with Crippen molar-refractivity contribution in [2.45, 2.75) is 29.5 Å². The van der Waals surface area contributed by atoms with Gasteiger partial charge in [0, 0.05) is 6.04 Å². The summed E-state index contributed by atoms with van der Waals surface area (Å²) in [5.74, 6) is 1.38. The first-order valence-electron chi connectivity index (χ1n) is 6.83. The van der Waals surface area contributed by atoms with Gasteiger partial charge in [0.25, 0.3) is 0 Å². The monoisotopic (exact) mass is 313 g/mol.